The molecule has 0 radical (unpaired) electrons. The van der Waals surface area contributed by atoms with E-state index in [1.165, 1.54) is 17.3 Å². The van der Waals surface area contributed by atoms with Gasteiger partial charge in [-0.1, -0.05) is 47.2 Å². The zero-order valence-corrected chi connectivity index (χ0v) is 16.7. The molecule has 2 heterocycles. The summed E-state index contributed by atoms with van der Waals surface area (Å²) in [4.78, 5) is 18.5. The molecule has 2 unspecified atom stereocenters. The first-order chi connectivity index (χ1) is 13.9. The summed E-state index contributed by atoms with van der Waals surface area (Å²) in [6.45, 7) is 0.427. The fraction of sp³-hybridized carbons (Fsp3) is 0.389. The Hall–Kier alpha value is -2.46. The molecule has 29 heavy (non-hydrogen) atoms. The molecule has 1 aliphatic rings. The monoisotopic (exact) mass is 438 g/mol. The second-order valence-electron chi connectivity index (χ2n) is 7.00. The number of thiazole rings is 1. The molecule has 7 nitrogen and oxygen atoms in total. The Bertz CT molecular complexity index is 979. The maximum absolute atomic E-state index is 13.9. The molecule has 0 saturated heterocycles. The number of halogens is 3. The molecular formula is C18H17ClF2N6OS. The summed E-state index contributed by atoms with van der Waals surface area (Å²) >= 11 is 7.00. The van der Waals surface area contributed by atoms with Gasteiger partial charge >= 0.3 is 0 Å². The SMILES string of the molecule is O=C(Nc1ncc(Cl)s1)C(c1ccc(Cn2ncnn2)cc1)C1CCC(F)(F)C1. The number of rotatable bonds is 6. The summed E-state index contributed by atoms with van der Waals surface area (Å²) in [7, 11) is 0. The van der Waals surface area contributed by atoms with Crippen LogP contribution in [0.4, 0.5) is 13.9 Å². The molecule has 1 aromatic carbocycles. The van der Waals surface area contributed by atoms with E-state index < -0.39 is 17.8 Å². The van der Waals surface area contributed by atoms with E-state index in [-0.39, 0.29) is 25.2 Å². The van der Waals surface area contributed by atoms with Crippen molar-refractivity contribution in [3.8, 4) is 0 Å². The normalized spacial score (nSPS) is 19.2. The first-order valence-electron chi connectivity index (χ1n) is 8.99. The van der Waals surface area contributed by atoms with Crippen molar-refractivity contribution < 1.29 is 13.6 Å². The average Bonchev–Trinajstić information content (AvgIpc) is 3.40. The van der Waals surface area contributed by atoms with E-state index in [0.717, 1.165) is 16.9 Å². The third-order valence-corrected chi connectivity index (χ3v) is 5.99. The molecule has 1 aliphatic carbocycles. The van der Waals surface area contributed by atoms with Crippen molar-refractivity contribution in [3.63, 3.8) is 0 Å². The van der Waals surface area contributed by atoms with Gasteiger partial charge < -0.3 is 5.32 Å². The van der Waals surface area contributed by atoms with Crippen molar-refractivity contribution in [3.05, 3.63) is 52.3 Å². The molecule has 11 heteroatoms. The van der Waals surface area contributed by atoms with Gasteiger partial charge in [0.2, 0.25) is 11.8 Å². The van der Waals surface area contributed by atoms with Gasteiger partial charge in [0.1, 0.15) is 4.34 Å². The summed E-state index contributed by atoms with van der Waals surface area (Å²) in [6, 6.07) is 7.27. The molecule has 1 N–H and O–H groups in total. The molecule has 4 rings (SSSR count). The van der Waals surface area contributed by atoms with Crippen LogP contribution in [0.1, 0.15) is 36.3 Å². The van der Waals surface area contributed by atoms with Gasteiger partial charge in [0.15, 0.2) is 11.5 Å². The van der Waals surface area contributed by atoms with Crippen LogP contribution < -0.4 is 5.32 Å². The first-order valence-corrected chi connectivity index (χ1v) is 10.2. The van der Waals surface area contributed by atoms with Crippen LogP contribution in [-0.4, -0.2) is 37.0 Å². The Balaban J connectivity index is 1.56. The second kappa shape index (κ2) is 8.11. The lowest BCUT2D eigenvalue weighted by molar-refractivity contribution is -0.118. The van der Waals surface area contributed by atoms with Crippen LogP contribution >= 0.6 is 22.9 Å². The van der Waals surface area contributed by atoms with Crippen LogP contribution in [0.3, 0.4) is 0 Å². The Morgan fingerprint density at radius 2 is 2.17 bits per heavy atom. The Kier molecular flexibility index (Phi) is 5.55. The number of nitrogens with one attached hydrogen (secondary N) is 1. The Labute approximate surface area is 174 Å². The molecule has 0 bridgehead atoms. The number of tetrazole rings is 1. The topological polar surface area (TPSA) is 85.6 Å². The number of amides is 1. The van der Waals surface area contributed by atoms with Crippen molar-refractivity contribution in [2.75, 3.05) is 5.32 Å². The van der Waals surface area contributed by atoms with Crippen molar-refractivity contribution in [1.29, 1.82) is 0 Å². The van der Waals surface area contributed by atoms with Crippen molar-refractivity contribution in [2.45, 2.75) is 37.6 Å². The number of hydrogen-bond donors (Lipinski definition) is 1. The molecule has 2 atom stereocenters. The van der Waals surface area contributed by atoms with Gasteiger partial charge in [0.05, 0.1) is 18.7 Å². The Morgan fingerprint density at radius 1 is 1.38 bits per heavy atom. The zero-order valence-electron chi connectivity index (χ0n) is 15.1. The maximum Gasteiger partial charge on any atom is 0.248 e. The minimum absolute atomic E-state index is 0.208. The molecule has 0 spiro atoms. The average molecular weight is 439 g/mol. The van der Waals surface area contributed by atoms with E-state index in [9.17, 15) is 13.6 Å². The van der Waals surface area contributed by atoms with Crippen molar-refractivity contribution >= 4 is 34.0 Å². The molecular weight excluding hydrogens is 422 g/mol. The van der Waals surface area contributed by atoms with E-state index in [2.05, 4.69) is 25.7 Å². The summed E-state index contributed by atoms with van der Waals surface area (Å²) in [5, 5.41) is 14.5. The number of alkyl halides is 2. The van der Waals surface area contributed by atoms with Gasteiger partial charge in [-0.15, -0.1) is 10.2 Å². The highest BCUT2D eigenvalue weighted by atomic mass is 35.5. The zero-order chi connectivity index (χ0) is 20.4. The van der Waals surface area contributed by atoms with Gasteiger partial charge in [0, 0.05) is 12.8 Å². The number of aromatic nitrogens is 5. The standard InChI is InChI=1S/C18H17ClF2N6OS/c19-14-8-22-17(29-14)25-16(28)15(13-5-6-18(20,21)7-13)12-3-1-11(2-4-12)9-27-24-10-23-26-27/h1-4,8,10,13,15H,5-7,9H2,(H,22,25,28). The van der Waals surface area contributed by atoms with Crippen molar-refractivity contribution in [1.82, 2.24) is 25.2 Å². The van der Waals surface area contributed by atoms with Gasteiger partial charge in [-0.2, -0.15) is 4.80 Å². The fourth-order valence-electron chi connectivity index (χ4n) is 3.66. The Morgan fingerprint density at radius 3 is 2.76 bits per heavy atom. The minimum Gasteiger partial charge on any atom is -0.301 e. The lowest BCUT2D eigenvalue weighted by Gasteiger charge is -2.23. The lowest BCUT2D eigenvalue weighted by Crippen LogP contribution is -2.27. The number of hydrogen-bond acceptors (Lipinski definition) is 6. The smallest absolute Gasteiger partial charge is 0.248 e. The second-order valence-corrected chi connectivity index (χ2v) is 8.67. The van der Waals surface area contributed by atoms with Crippen LogP contribution in [0.15, 0.2) is 36.8 Å². The van der Waals surface area contributed by atoms with Crippen LogP contribution in [0.25, 0.3) is 0 Å². The fourth-order valence-corrected chi connectivity index (χ4v) is 4.47. The van der Waals surface area contributed by atoms with E-state index in [1.54, 1.807) is 12.1 Å². The van der Waals surface area contributed by atoms with Crippen molar-refractivity contribution in [2.24, 2.45) is 5.92 Å². The third-order valence-electron chi connectivity index (χ3n) is 4.96. The summed E-state index contributed by atoms with van der Waals surface area (Å²) in [5.41, 5.74) is 1.59. The quantitative estimate of drug-likeness (QED) is 0.629. The summed E-state index contributed by atoms with van der Waals surface area (Å²) < 4.78 is 28.2. The molecule has 3 aromatic rings. The predicted molar refractivity (Wildman–Crippen MR) is 104 cm³/mol. The van der Waals surface area contributed by atoms with Gasteiger partial charge in [-0.3, -0.25) is 4.79 Å². The third kappa shape index (κ3) is 4.76. The molecule has 0 aliphatic heterocycles. The summed E-state index contributed by atoms with van der Waals surface area (Å²) in [6.07, 6.45) is 2.55. The van der Waals surface area contributed by atoms with Gasteiger partial charge in [0.25, 0.3) is 0 Å². The minimum atomic E-state index is -2.74. The molecule has 1 amide bonds. The van der Waals surface area contributed by atoms with E-state index in [4.69, 9.17) is 11.6 Å². The van der Waals surface area contributed by atoms with Crippen LogP contribution in [0.2, 0.25) is 4.34 Å². The molecule has 1 saturated carbocycles. The molecule has 2 aromatic heterocycles. The molecule has 1 fully saturated rings. The highest BCUT2D eigenvalue weighted by Gasteiger charge is 2.45. The van der Waals surface area contributed by atoms with E-state index in [0.29, 0.717) is 21.6 Å². The van der Waals surface area contributed by atoms with Gasteiger partial charge in [-0.25, -0.2) is 13.8 Å². The maximum atomic E-state index is 13.9. The number of benzene rings is 1. The number of carbonyl (C=O) groups is 1. The lowest BCUT2D eigenvalue weighted by atomic mass is 9.83. The molecule has 152 valence electrons. The highest BCUT2D eigenvalue weighted by Crippen LogP contribution is 2.46. The van der Waals surface area contributed by atoms with Crippen LogP contribution in [-0.2, 0) is 11.3 Å². The van der Waals surface area contributed by atoms with Gasteiger partial charge in [-0.05, 0) is 28.7 Å². The number of anilines is 1. The van der Waals surface area contributed by atoms with E-state index >= 15 is 0 Å². The first kappa shape index (κ1) is 19.8. The van der Waals surface area contributed by atoms with Crippen LogP contribution in [0.5, 0.6) is 0 Å². The number of carbonyl (C=O) groups excluding carboxylic acids is 1. The van der Waals surface area contributed by atoms with Crippen LogP contribution in [0, 0.1) is 5.92 Å². The predicted octanol–water partition coefficient (Wildman–Crippen LogP) is 3.99. The van der Waals surface area contributed by atoms with E-state index in [1.807, 2.05) is 12.1 Å². The summed E-state index contributed by atoms with van der Waals surface area (Å²) in [5.74, 6) is -4.26. The largest absolute Gasteiger partial charge is 0.301 e. The highest BCUT2D eigenvalue weighted by molar-refractivity contribution is 7.19. The number of nitrogens with zero attached hydrogens (tertiary/aromatic N) is 5.